The zero-order chi connectivity index (χ0) is 20.3. The van der Waals surface area contributed by atoms with Crippen molar-refractivity contribution < 1.29 is 19.2 Å². The van der Waals surface area contributed by atoms with E-state index in [0.717, 1.165) is 0 Å². The third-order valence-corrected chi connectivity index (χ3v) is 4.35. The molecule has 1 heterocycles. The van der Waals surface area contributed by atoms with Crippen LogP contribution in [0.15, 0.2) is 60.8 Å². The van der Waals surface area contributed by atoms with Crippen molar-refractivity contribution in [3.05, 3.63) is 76.5 Å². The second-order valence-corrected chi connectivity index (χ2v) is 6.12. The van der Waals surface area contributed by atoms with Gasteiger partial charge in [0, 0.05) is 29.1 Å². The molecule has 9 nitrogen and oxygen atoms in total. The second kappa shape index (κ2) is 7.78. The Kier molecular flexibility index (Phi) is 5.25. The number of nitrogens with one attached hydrogen (secondary N) is 3. The van der Waals surface area contributed by atoms with Gasteiger partial charge < -0.3 is 20.7 Å². The summed E-state index contributed by atoms with van der Waals surface area (Å²) in [7, 11) is 1.49. The average molecular weight is 382 g/mol. The molecule has 9 heteroatoms. The largest absolute Gasteiger partial charge is 0.496 e. The van der Waals surface area contributed by atoms with Crippen LogP contribution in [0.5, 0.6) is 5.75 Å². The minimum absolute atomic E-state index is 0.145. The fourth-order valence-corrected chi connectivity index (χ4v) is 3.09. The number of methoxy groups -OCH3 is 1. The molecule has 3 rings (SSSR count). The number of ether oxygens (including phenoxy) is 1. The average Bonchev–Trinajstić information content (AvgIpc) is 2.67. The van der Waals surface area contributed by atoms with E-state index in [1.807, 2.05) is 0 Å². The normalized spacial score (nSPS) is 18.6. The number of anilines is 1. The SMILES string of the molecule is C=C1NC(=O)N[C@H](c2ccccc2OC)[C@@H]1C(=O)Nc1cccc([N+](=O)[O-])c1. The number of carbonyl (C=O) groups excluding carboxylic acids is 2. The molecule has 1 saturated heterocycles. The van der Waals surface area contributed by atoms with Gasteiger partial charge in [-0.05, 0) is 12.1 Å². The number of non-ortho nitro benzene ring substituents is 1. The molecule has 0 saturated carbocycles. The van der Waals surface area contributed by atoms with Crippen molar-refractivity contribution in [2.24, 2.45) is 5.92 Å². The lowest BCUT2D eigenvalue weighted by molar-refractivity contribution is -0.384. The zero-order valence-electron chi connectivity index (χ0n) is 15.0. The predicted octanol–water partition coefficient (Wildman–Crippen LogP) is 2.73. The molecule has 3 N–H and O–H groups in total. The molecule has 0 bridgehead atoms. The van der Waals surface area contributed by atoms with Gasteiger partial charge in [-0.1, -0.05) is 30.8 Å². The molecule has 0 aromatic heterocycles. The predicted molar refractivity (Wildman–Crippen MR) is 102 cm³/mol. The molecule has 2 aromatic carbocycles. The van der Waals surface area contributed by atoms with Crippen LogP contribution in [0.25, 0.3) is 0 Å². The summed E-state index contributed by atoms with van der Waals surface area (Å²) in [6.07, 6.45) is 0. The van der Waals surface area contributed by atoms with Gasteiger partial charge in [0.25, 0.3) is 5.69 Å². The first-order chi connectivity index (χ1) is 13.4. The number of nitro groups is 1. The Hall–Kier alpha value is -3.88. The lowest BCUT2D eigenvalue weighted by atomic mass is 9.87. The van der Waals surface area contributed by atoms with Crippen LogP contribution in [-0.2, 0) is 4.79 Å². The van der Waals surface area contributed by atoms with E-state index in [1.54, 1.807) is 30.3 Å². The fourth-order valence-electron chi connectivity index (χ4n) is 3.09. The number of hydrogen-bond acceptors (Lipinski definition) is 5. The third-order valence-electron chi connectivity index (χ3n) is 4.35. The van der Waals surface area contributed by atoms with Gasteiger partial charge in [0.05, 0.1) is 18.1 Å². The van der Waals surface area contributed by atoms with Crippen molar-refractivity contribution in [1.29, 1.82) is 0 Å². The van der Waals surface area contributed by atoms with Gasteiger partial charge in [0.1, 0.15) is 11.7 Å². The highest BCUT2D eigenvalue weighted by Gasteiger charge is 2.39. The molecular weight excluding hydrogens is 364 g/mol. The minimum atomic E-state index is -0.867. The smallest absolute Gasteiger partial charge is 0.319 e. The summed E-state index contributed by atoms with van der Waals surface area (Å²) in [5, 5.41) is 18.8. The molecule has 0 unspecified atom stereocenters. The standard InChI is InChI=1S/C19H18N4O5/c1-11-16(18(24)21-12-6-5-7-13(10-12)23(26)27)17(22-19(25)20-11)14-8-3-4-9-15(14)28-2/h3-10,16-17H,1H2,2H3,(H,21,24)(H2,20,22,25)/t16-,17-/m1/s1. The molecule has 3 amide bonds. The van der Waals surface area contributed by atoms with Gasteiger partial charge in [0.15, 0.2) is 0 Å². The summed E-state index contributed by atoms with van der Waals surface area (Å²) in [6, 6.07) is 11.4. The maximum atomic E-state index is 13.0. The van der Waals surface area contributed by atoms with Crippen LogP contribution in [0.1, 0.15) is 11.6 Å². The second-order valence-electron chi connectivity index (χ2n) is 6.12. The molecule has 28 heavy (non-hydrogen) atoms. The molecule has 1 fully saturated rings. The Bertz CT molecular complexity index is 959. The van der Waals surface area contributed by atoms with Gasteiger partial charge in [0.2, 0.25) is 5.91 Å². The summed E-state index contributed by atoms with van der Waals surface area (Å²) < 4.78 is 5.35. The van der Waals surface area contributed by atoms with Crippen LogP contribution in [0.2, 0.25) is 0 Å². The maximum Gasteiger partial charge on any atom is 0.319 e. The van der Waals surface area contributed by atoms with Crippen LogP contribution in [-0.4, -0.2) is 24.0 Å². The molecule has 2 aromatic rings. The highest BCUT2D eigenvalue weighted by atomic mass is 16.6. The molecule has 1 aliphatic heterocycles. The lowest BCUT2D eigenvalue weighted by Gasteiger charge is -2.34. The fraction of sp³-hybridized carbons (Fsp3) is 0.158. The molecule has 0 spiro atoms. The minimum Gasteiger partial charge on any atom is -0.496 e. The van der Waals surface area contributed by atoms with Crippen molar-refractivity contribution in [2.45, 2.75) is 6.04 Å². The highest BCUT2D eigenvalue weighted by Crippen LogP contribution is 2.35. The van der Waals surface area contributed by atoms with E-state index in [0.29, 0.717) is 11.3 Å². The van der Waals surface area contributed by atoms with Crippen LogP contribution < -0.4 is 20.7 Å². The van der Waals surface area contributed by atoms with E-state index in [-0.39, 0.29) is 17.1 Å². The Morgan fingerprint density at radius 3 is 2.71 bits per heavy atom. The van der Waals surface area contributed by atoms with Crippen molar-refractivity contribution in [3.8, 4) is 5.75 Å². The van der Waals surface area contributed by atoms with Gasteiger partial charge in [-0.15, -0.1) is 0 Å². The Morgan fingerprint density at radius 1 is 1.25 bits per heavy atom. The number of urea groups is 1. The van der Waals surface area contributed by atoms with Crippen LogP contribution in [0.3, 0.4) is 0 Å². The Labute approximate surface area is 160 Å². The first kappa shape index (κ1) is 18.9. The number of nitrogens with zero attached hydrogens (tertiary/aromatic N) is 1. The monoisotopic (exact) mass is 382 g/mol. The summed E-state index contributed by atoms with van der Waals surface area (Å²) >= 11 is 0. The van der Waals surface area contributed by atoms with Gasteiger partial charge in [-0.3, -0.25) is 14.9 Å². The maximum absolute atomic E-state index is 13.0. The van der Waals surface area contributed by atoms with E-state index < -0.39 is 28.8 Å². The molecule has 1 aliphatic rings. The number of nitro benzene ring substituents is 1. The van der Waals surface area contributed by atoms with Gasteiger partial charge in [-0.25, -0.2) is 4.79 Å². The Morgan fingerprint density at radius 2 is 2.00 bits per heavy atom. The van der Waals surface area contributed by atoms with Gasteiger partial charge >= 0.3 is 6.03 Å². The van der Waals surface area contributed by atoms with Crippen LogP contribution in [0, 0.1) is 16.0 Å². The van der Waals surface area contributed by atoms with E-state index in [1.165, 1.54) is 25.3 Å². The molecular formula is C19H18N4O5. The van der Waals surface area contributed by atoms with Crippen molar-refractivity contribution in [3.63, 3.8) is 0 Å². The quantitative estimate of drug-likeness (QED) is 0.542. The van der Waals surface area contributed by atoms with Crippen molar-refractivity contribution in [1.82, 2.24) is 10.6 Å². The summed E-state index contributed by atoms with van der Waals surface area (Å²) in [5.74, 6) is -0.835. The number of para-hydroxylation sites is 1. The number of hydrogen-bond donors (Lipinski definition) is 3. The van der Waals surface area contributed by atoms with Crippen LogP contribution in [0.4, 0.5) is 16.2 Å². The topological polar surface area (TPSA) is 123 Å². The van der Waals surface area contributed by atoms with E-state index >= 15 is 0 Å². The van der Waals surface area contributed by atoms with E-state index in [9.17, 15) is 19.7 Å². The first-order valence-electron chi connectivity index (χ1n) is 8.35. The summed E-state index contributed by atoms with van der Waals surface area (Å²) in [6.45, 7) is 3.80. The van der Waals surface area contributed by atoms with Gasteiger partial charge in [-0.2, -0.15) is 0 Å². The molecule has 2 atom stereocenters. The number of carbonyl (C=O) groups is 2. The summed E-state index contributed by atoms with van der Waals surface area (Å²) in [4.78, 5) is 35.3. The highest BCUT2D eigenvalue weighted by molar-refractivity contribution is 5.97. The summed E-state index contributed by atoms with van der Waals surface area (Å²) in [5.41, 5.74) is 0.943. The van der Waals surface area contributed by atoms with Crippen LogP contribution >= 0.6 is 0 Å². The van der Waals surface area contributed by atoms with Crippen molar-refractivity contribution in [2.75, 3.05) is 12.4 Å². The number of rotatable bonds is 5. The lowest BCUT2D eigenvalue weighted by Crippen LogP contribution is -2.51. The third kappa shape index (κ3) is 3.78. The molecule has 144 valence electrons. The van der Waals surface area contributed by atoms with Crippen molar-refractivity contribution >= 4 is 23.3 Å². The molecule has 0 radical (unpaired) electrons. The molecule has 0 aliphatic carbocycles. The first-order valence-corrected chi connectivity index (χ1v) is 8.35. The van der Waals surface area contributed by atoms with E-state index in [4.69, 9.17) is 4.74 Å². The number of benzene rings is 2. The number of amides is 3. The zero-order valence-corrected chi connectivity index (χ0v) is 15.0. The van der Waals surface area contributed by atoms with E-state index in [2.05, 4.69) is 22.5 Å². The Balaban J connectivity index is 1.93.